The molecular weight excluding hydrogens is 340 g/mol. The molecule has 134 valence electrons. The van der Waals surface area contributed by atoms with Crippen LogP contribution in [-0.2, 0) is 14.9 Å². The average Bonchev–Trinajstić information content (AvgIpc) is 3.01. The lowest BCUT2D eigenvalue weighted by Gasteiger charge is -2.19. The van der Waals surface area contributed by atoms with Crippen molar-refractivity contribution in [3.05, 3.63) is 40.9 Å². The van der Waals surface area contributed by atoms with Gasteiger partial charge in [-0.15, -0.1) is 11.3 Å². The van der Waals surface area contributed by atoms with Crippen molar-refractivity contribution < 1.29 is 19.1 Å². The van der Waals surface area contributed by atoms with Crippen molar-refractivity contribution in [2.75, 3.05) is 18.5 Å². The molecule has 1 N–H and O–H groups in total. The molecule has 0 aliphatic rings. The number of aromatic nitrogens is 1. The SMILES string of the molecule is CCOC(=O)c1csc(NC(=O)COc2ccc(C(C)(C)C)cc2)n1. The van der Waals surface area contributed by atoms with Gasteiger partial charge in [-0.1, -0.05) is 32.9 Å². The number of hydrogen-bond acceptors (Lipinski definition) is 6. The molecule has 0 aliphatic heterocycles. The fourth-order valence-electron chi connectivity index (χ4n) is 1.99. The van der Waals surface area contributed by atoms with Crippen LogP contribution in [0.15, 0.2) is 29.6 Å². The van der Waals surface area contributed by atoms with Crippen molar-refractivity contribution in [2.24, 2.45) is 0 Å². The number of thiazole rings is 1. The Morgan fingerprint density at radius 1 is 1.20 bits per heavy atom. The minimum absolute atomic E-state index is 0.0668. The summed E-state index contributed by atoms with van der Waals surface area (Å²) >= 11 is 1.16. The van der Waals surface area contributed by atoms with E-state index in [1.807, 2.05) is 24.3 Å². The van der Waals surface area contributed by atoms with Crippen molar-refractivity contribution in [3.63, 3.8) is 0 Å². The molecule has 0 fully saturated rings. The zero-order valence-electron chi connectivity index (χ0n) is 14.8. The summed E-state index contributed by atoms with van der Waals surface area (Å²) in [5.74, 6) is -0.228. The molecule has 0 radical (unpaired) electrons. The van der Waals surface area contributed by atoms with Gasteiger partial charge in [-0.2, -0.15) is 0 Å². The van der Waals surface area contributed by atoms with Crippen LogP contribution in [0, 0.1) is 0 Å². The number of esters is 1. The number of anilines is 1. The van der Waals surface area contributed by atoms with Crippen LogP contribution in [0.2, 0.25) is 0 Å². The minimum atomic E-state index is -0.505. The second-order valence-corrected chi connectivity index (χ2v) is 7.23. The summed E-state index contributed by atoms with van der Waals surface area (Å²) in [5.41, 5.74) is 1.44. The van der Waals surface area contributed by atoms with Gasteiger partial charge in [0, 0.05) is 5.38 Å². The van der Waals surface area contributed by atoms with E-state index in [1.54, 1.807) is 12.3 Å². The number of nitrogens with one attached hydrogen (secondary N) is 1. The third-order valence-corrected chi connectivity index (χ3v) is 4.08. The molecule has 1 heterocycles. The summed E-state index contributed by atoms with van der Waals surface area (Å²) in [6.07, 6.45) is 0. The highest BCUT2D eigenvalue weighted by atomic mass is 32.1. The van der Waals surface area contributed by atoms with Gasteiger partial charge in [-0.3, -0.25) is 10.1 Å². The van der Waals surface area contributed by atoms with Crippen molar-refractivity contribution >= 4 is 28.3 Å². The molecule has 0 spiro atoms. The summed E-state index contributed by atoms with van der Waals surface area (Å²) in [6, 6.07) is 7.66. The molecule has 0 saturated heterocycles. The van der Waals surface area contributed by atoms with Gasteiger partial charge in [0.1, 0.15) is 5.75 Å². The topological polar surface area (TPSA) is 77.5 Å². The highest BCUT2D eigenvalue weighted by molar-refractivity contribution is 7.14. The molecule has 25 heavy (non-hydrogen) atoms. The lowest BCUT2D eigenvalue weighted by molar-refractivity contribution is -0.118. The van der Waals surface area contributed by atoms with Crippen molar-refractivity contribution in [2.45, 2.75) is 33.1 Å². The average molecular weight is 362 g/mol. The van der Waals surface area contributed by atoms with E-state index in [2.05, 4.69) is 31.1 Å². The van der Waals surface area contributed by atoms with E-state index in [0.29, 0.717) is 10.9 Å². The first kappa shape index (κ1) is 18.9. The van der Waals surface area contributed by atoms with Crippen LogP contribution in [0.1, 0.15) is 43.7 Å². The largest absolute Gasteiger partial charge is 0.484 e. The van der Waals surface area contributed by atoms with Crippen LogP contribution < -0.4 is 10.1 Å². The van der Waals surface area contributed by atoms with E-state index >= 15 is 0 Å². The summed E-state index contributed by atoms with van der Waals surface area (Å²) in [4.78, 5) is 27.5. The summed E-state index contributed by atoms with van der Waals surface area (Å²) < 4.78 is 10.3. The van der Waals surface area contributed by atoms with Crippen LogP contribution in [0.5, 0.6) is 5.75 Å². The predicted molar refractivity (Wildman–Crippen MR) is 97.3 cm³/mol. The number of rotatable bonds is 6. The minimum Gasteiger partial charge on any atom is -0.484 e. The van der Waals surface area contributed by atoms with E-state index in [4.69, 9.17) is 9.47 Å². The Labute approximate surface area is 151 Å². The van der Waals surface area contributed by atoms with Gasteiger partial charge in [0.2, 0.25) is 0 Å². The molecule has 7 heteroatoms. The molecule has 2 rings (SSSR count). The van der Waals surface area contributed by atoms with Crippen LogP contribution in [0.4, 0.5) is 5.13 Å². The molecule has 0 unspecified atom stereocenters. The molecule has 0 bridgehead atoms. The number of ether oxygens (including phenoxy) is 2. The van der Waals surface area contributed by atoms with E-state index < -0.39 is 5.97 Å². The molecule has 0 aliphatic carbocycles. The van der Waals surface area contributed by atoms with E-state index in [9.17, 15) is 9.59 Å². The smallest absolute Gasteiger partial charge is 0.357 e. The maximum atomic E-state index is 11.9. The summed E-state index contributed by atoms with van der Waals surface area (Å²) in [6.45, 7) is 8.26. The van der Waals surface area contributed by atoms with Crippen molar-refractivity contribution in [1.29, 1.82) is 0 Å². The first-order valence-electron chi connectivity index (χ1n) is 7.95. The number of carbonyl (C=O) groups excluding carboxylic acids is 2. The first-order chi connectivity index (χ1) is 11.8. The van der Waals surface area contributed by atoms with Crippen LogP contribution in [0.25, 0.3) is 0 Å². The second kappa shape index (κ2) is 8.11. The molecule has 0 atom stereocenters. The highest BCUT2D eigenvalue weighted by Gasteiger charge is 2.15. The Hall–Kier alpha value is -2.41. The van der Waals surface area contributed by atoms with Gasteiger partial charge in [0.05, 0.1) is 6.61 Å². The van der Waals surface area contributed by atoms with Gasteiger partial charge in [-0.05, 0) is 30.0 Å². The molecular formula is C18H22N2O4S. The molecule has 6 nitrogen and oxygen atoms in total. The van der Waals surface area contributed by atoms with Crippen molar-refractivity contribution in [1.82, 2.24) is 4.98 Å². The normalized spacial score (nSPS) is 11.0. The Balaban J connectivity index is 1.85. The first-order valence-corrected chi connectivity index (χ1v) is 8.83. The maximum Gasteiger partial charge on any atom is 0.357 e. The maximum absolute atomic E-state index is 11.9. The summed E-state index contributed by atoms with van der Waals surface area (Å²) in [5, 5.41) is 4.48. The van der Waals surface area contributed by atoms with Gasteiger partial charge in [-0.25, -0.2) is 9.78 Å². The second-order valence-electron chi connectivity index (χ2n) is 6.37. The number of benzene rings is 1. The lowest BCUT2D eigenvalue weighted by Crippen LogP contribution is -2.20. The van der Waals surface area contributed by atoms with Crippen molar-refractivity contribution in [3.8, 4) is 5.75 Å². The lowest BCUT2D eigenvalue weighted by atomic mass is 9.87. The fourth-order valence-corrected chi connectivity index (χ4v) is 2.68. The fraction of sp³-hybridized carbons (Fsp3) is 0.389. The quantitative estimate of drug-likeness (QED) is 0.794. The zero-order chi connectivity index (χ0) is 18.4. The van der Waals surface area contributed by atoms with Crippen LogP contribution in [0.3, 0.4) is 0 Å². The standard InChI is InChI=1S/C18H22N2O4S/c1-5-23-16(22)14-11-25-17(19-14)20-15(21)10-24-13-8-6-12(7-9-13)18(2,3)4/h6-9,11H,5,10H2,1-4H3,(H,19,20,21). The molecule has 2 aromatic rings. The molecule has 1 aromatic carbocycles. The molecule has 0 saturated carbocycles. The van der Waals surface area contributed by atoms with Gasteiger partial charge >= 0.3 is 5.97 Å². The number of amides is 1. The Morgan fingerprint density at radius 3 is 2.48 bits per heavy atom. The monoisotopic (exact) mass is 362 g/mol. The Bertz CT molecular complexity index is 732. The zero-order valence-corrected chi connectivity index (χ0v) is 15.6. The van der Waals surface area contributed by atoms with Crippen LogP contribution in [-0.4, -0.2) is 30.1 Å². The molecule has 1 amide bonds. The number of hydrogen-bond donors (Lipinski definition) is 1. The predicted octanol–water partition coefficient (Wildman–Crippen LogP) is 3.63. The van der Waals surface area contributed by atoms with Gasteiger partial charge < -0.3 is 9.47 Å². The van der Waals surface area contributed by atoms with Gasteiger partial charge in [0.25, 0.3) is 5.91 Å². The molecule has 1 aromatic heterocycles. The third-order valence-electron chi connectivity index (χ3n) is 3.33. The van der Waals surface area contributed by atoms with E-state index in [1.165, 1.54) is 5.56 Å². The Morgan fingerprint density at radius 2 is 1.88 bits per heavy atom. The Kier molecular flexibility index (Phi) is 6.14. The van der Waals surface area contributed by atoms with E-state index in [0.717, 1.165) is 11.3 Å². The van der Waals surface area contributed by atoms with E-state index in [-0.39, 0.29) is 30.2 Å². The summed E-state index contributed by atoms with van der Waals surface area (Å²) in [7, 11) is 0. The third kappa shape index (κ3) is 5.56. The van der Waals surface area contributed by atoms with Gasteiger partial charge in [0.15, 0.2) is 17.4 Å². The number of carbonyl (C=O) groups is 2. The van der Waals surface area contributed by atoms with Crippen LogP contribution >= 0.6 is 11.3 Å². The number of nitrogens with zero attached hydrogens (tertiary/aromatic N) is 1. The highest BCUT2D eigenvalue weighted by Crippen LogP contribution is 2.24.